The van der Waals surface area contributed by atoms with E-state index in [1.807, 2.05) is 0 Å². The number of hydrogen-bond donors (Lipinski definition) is 2. The monoisotopic (exact) mass is 183 g/mol. The van der Waals surface area contributed by atoms with Crippen LogP contribution in [0.25, 0.3) is 0 Å². The van der Waals surface area contributed by atoms with E-state index in [0.717, 1.165) is 5.75 Å². The SMILES string of the molecule is O=P(O)(O)OC1=NCCS1. The second kappa shape index (κ2) is 2.92. The summed E-state index contributed by atoms with van der Waals surface area (Å²) in [6.07, 6.45) is 0. The van der Waals surface area contributed by atoms with E-state index in [0.29, 0.717) is 6.54 Å². The van der Waals surface area contributed by atoms with Gasteiger partial charge in [0.25, 0.3) is 5.23 Å². The molecule has 0 saturated carbocycles. The first kappa shape index (κ1) is 8.07. The van der Waals surface area contributed by atoms with Gasteiger partial charge in [0.1, 0.15) is 0 Å². The smallest absolute Gasteiger partial charge is 0.380 e. The summed E-state index contributed by atoms with van der Waals surface area (Å²) in [5, 5.41) is 0.0910. The molecule has 2 N–H and O–H groups in total. The Morgan fingerprint density at radius 3 is 2.80 bits per heavy atom. The van der Waals surface area contributed by atoms with Gasteiger partial charge in [-0.2, -0.15) is 0 Å². The minimum atomic E-state index is -4.37. The van der Waals surface area contributed by atoms with Crippen LogP contribution in [0.3, 0.4) is 0 Å². The second-order valence-corrected chi connectivity index (χ2v) is 3.79. The summed E-state index contributed by atoms with van der Waals surface area (Å²) in [5.41, 5.74) is 0. The highest BCUT2D eigenvalue weighted by molar-refractivity contribution is 8.14. The number of aliphatic imine (C=N–C) groups is 1. The molecule has 0 fully saturated rings. The first-order chi connectivity index (χ1) is 4.58. The van der Waals surface area contributed by atoms with Crippen LogP contribution < -0.4 is 0 Å². The standard InChI is InChI=1S/C3H6NO4PS/c5-9(6,7)8-3-4-1-2-10-3/h1-2H2,(H2,5,6,7). The summed E-state index contributed by atoms with van der Waals surface area (Å²) >= 11 is 1.20. The average molecular weight is 183 g/mol. The predicted octanol–water partition coefficient (Wildman–Crippen LogP) is 0.199. The number of phosphoric ester groups is 1. The van der Waals surface area contributed by atoms with Gasteiger partial charge in [-0.25, -0.2) is 9.56 Å². The van der Waals surface area contributed by atoms with E-state index >= 15 is 0 Å². The van der Waals surface area contributed by atoms with E-state index < -0.39 is 7.82 Å². The molecule has 0 spiro atoms. The molecule has 0 bridgehead atoms. The number of phosphoric acid groups is 1. The van der Waals surface area contributed by atoms with E-state index in [4.69, 9.17) is 9.79 Å². The minimum absolute atomic E-state index is 0.0910. The Labute approximate surface area is 61.7 Å². The number of thioether (sulfide) groups is 1. The maximum Gasteiger partial charge on any atom is 0.526 e. The van der Waals surface area contributed by atoms with Crippen LogP contribution in [0.4, 0.5) is 0 Å². The van der Waals surface area contributed by atoms with Gasteiger partial charge in [-0.1, -0.05) is 11.8 Å². The van der Waals surface area contributed by atoms with Crippen LogP contribution in [0, 0.1) is 0 Å². The molecular weight excluding hydrogens is 177 g/mol. The fourth-order valence-corrected chi connectivity index (χ4v) is 1.78. The molecule has 0 unspecified atom stereocenters. The fourth-order valence-electron chi connectivity index (χ4n) is 0.472. The van der Waals surface area contributed by atoms with Gasteiger partial charge >= 0.3 is 7.82 Å². The summed E-state index contributed by atoms with van der Waals surface area (Å²) in [6.45, 7) is 0.569. The van der Waals surface area contributed by atoms with Gasteiger partial charge in [-0.05, 0) is 0 Å². The Morgan fingerprint density at radius 1 is 1.70 bits per heavy atom. The third kappa shape index (κ3) is 2.70. The molecule has 0 amide bonds. The minimum Gasteiger partial charge on any atom is -0.380 e. The second-order valence-electron chi connectivity index (χ2n) is 1.58. The lowest BCUT2D eigenvalue weighted by atomic mass is 10.8. The van der Waals surface area contributed by atoms with E-state index in [1.165, 1.54) is 11.8 Å². The van der Waals surface area contributed by atoms with Crippen LogP contribution in [-0.2, 0) is 9.09 Å². The molecule has 1 aliphatic heterocycles. The number of rotatable bonds is 1. The molecule has 58 valence electrons. The molecule has 1 rings (SSSR count). The highest BCUT2D eigenvalue weighted by atomic mass is 32.2. The van der Waals surface area contributed by atoms with Gasteiger partial charge in [0.15, 0.2) is 0 Å². The van der Waals surface area contributed by atoms with Crippen LogP contribution >= 0.6 is 19.6 Å². The highest BCUT2D eigenvalue weighted by Crippen LogP contribution is 2.38. The Balaban J connectivity index is 2.46. The Morgan fingerprint density at radius 2 is 2.40 bits per heavy atom. The maximum absolute atomic E-state index is 10.2. The van der Waals surface area contributed by atoms with Crippen LogP contribution in [0.2, 0.25) is 0 Å². The third-order valence-electron chi connectivity index (χ3n) is 0.755. The number of nitrogens with zero attached hydrogens (tertiary/aromatic N) is 1. The lowest BCUT2D eigenvalue weighted by Gasteiger charge is -2.03. The normalized spacial score (nSPS) is 18.8. The average Bonchev–Trinajstić information content (AvgIpc) is 2.12. The predicted molar refractivity (Wildman–Crippen MR) is 37.9 cm³/mol. The Kier molecular flexibility index (Phi) is 2.36. The van der Waals surface area contributed by atoms with Crippen LogP contribution in [0.15, 0.2) is 4.99 Å². The lowest BCUT2D eigenvalue weighted by molar-refractivity contribution is 0.282. The van der Waals surface area contributed by atoms with E-state index in [1.54, 1.807) is 0 Å². The molecule has 1 heterocycles. The largest absolute Gasteiger partial charge is 0.526 e. The van der Waals surface area contributed by atoms with Gasteiger partial charge in [0.2, 0.25) is 0 Å². The van der Waals surface area contributed by atoms with Crippen molar-refractivity contribution in [2.24, 2.45) is 4.99 Å². The third-order valence-corrected chi connectivity index (χ3v) is 2.14. The molecular formula is C3H6NO4PS. The molecule has 0 aromatic carbocycles. The van der Waals surface area contributed by atoms with Crippen LogP contribution in [0.1, 0.15) is 0 Å². The summed E-state index contributed by atoms with van der Waals surface area (Å²) < 4.78 is 14.3. The van der Waals surface area contributed by atoms with Crippen molar-refractivity contribution in [3.63, 3.8) is 0 Å². The van der Waals surface area contributed by atoms with Gasteiger partial charge in [0.05, 0.1) is 6.54 Å². The number of hydrogen-bond acceptors (Lipinski definition) is 4. The van der Waals surface area contributed by atoms with Crippen molar-refractivity contribution in [1.82, 2.24) is 0 Å². The van der Waals surface area contributed by atoms with E-state index in [-0.39, 0.29) is 5.23 Å². The quantitative estimate of drug-likeness (QED) is 0.567. The van der Waals surface area contributed by atoms with Crippen molar-refractivity contribution < 1.29 is 18.9 Å². The van der Waals surface area contributed by atoms with E-state index in [2.05, 4.69) is 9.52 Å². The van der Waals surface area contributed by atoms with Gasteiger partial charge in [-0.15, -0.1) is 0 Å². The first-order valence-corrected chi connectivity index (χ1v) is 5.02. The summed E-state index contributed by atoms with van der Waals surface area (Å²) in [7, 11) is -4.37. The molecule has 5 nitrogen and oxygen atoms in total. The van der Waals surface area contributed by atoms with Crippen LogP contribution in [0.5, 0.6) is 0 Å². The molecule has 0 aliphatic carbocycles. The summed E-state index contributed by atoms with van der Waals surface area (Å²) in [5.74, 6) is 0.731. The van der Waals surface area contributed by atoms with Gasteiger partial charge in [0, 0.05) is 5.75 Å². The molecule has 0 radical (unpaired) electrons. The topological polar surface area (TPSA) is 79.1 Å². The Bertz CT molecular complexity index is 199. The molecule has 10 heavy (non-hydrogen) atoms. The summed E-state index contributed by atoms with van der Waals surface area (Å²) in [4.78, 5) is 20.2. The fraction of sp³-hybridized carbons (Fsp3) is 0.667. The molecule has 0 saturated heterocycles. The Hall–Kier alpha value is -0.0300. The zero-order chi connectivity index (χ0) is 7.61. The first-order valence-electron chi connectivity index (χ1n) is 2.50. The van der Waals surface area contributed by atoms with Crippen molar-refractivity contribution in [3.05, 3.63) is 0 Å². The maximum atomic E-state index is 10.2. The van der Waals surface area contributed by atoms with Gasteiger partial charge in [-0.3, -0.25) is 9.79 Å². The zero-order valence-corrected chi connectivity index (χ0v) is 6.64. The van der Waals surface area contributed by atoms with Crippen molar-refractivity contribution in [2.75, 3.05) is 12.3 Å². The highest BCUT2D eigenvalue weighted by Gasteiger charge is 2.20. The van der Waals surface area contributed by atoms with Gasteiger partial charge < -0.3 is 4.52 Å². The zero-order valence-electron chi connectivity index (χ0n) is 4.93. The lowest BCUT2D eigenvalue weighted by Crippen LogP contribution is -1.93. The molecule has 1 aliphatic rings. The summed E-state index contributed by atoms with van der Waals surface area (Å²) in [6, 6.07) is 0. The van der Waals surface area contributed by atoms with Crippen molar-refractivity contribution >= 4 is 24.8 Å². The van der Waals surface area contributed by atoms with Crippen LogP contribution in [-0.4, -0.2) is 27.3 Å². The molecule has 0 aromatic rings. The van der Waals surface area contributed by atoms with Crippen molar-refractivity contribution in [1.29, 1.82) is 0 Å². The molecule has 7 heteroatoms. The molecule has 0 aromatic heterocycles. The molecule has 0 atom stereocenters. The van der Waals surface area contributed by atoms with E-state index in [9.17, 15) is 4.57 Å². The van der Waals surface area contributed by atoms with Crippen molar-refractivity contribution in [2.45, 2.75) is 0 Å². The van der Waals surface area contributed by atoms with Crippen molar-refractivity contribution in [3.8, 4) is 0 Å².